The van der Waals surface area contributed by atoms with Crippen molar-refractivity contribution < 1.29 is 14.3 Å². The average Bonchev–Trinajstić information content (AvgIpc) is 3.02. The number of benzene rings is 1. The second-order valence-corrected chi connectivity index (χ2v) is 8.67. The van der Waals surface area contributed by atoms with Crippen molar-refractivity contribution in [3.8, 4) is 11.5 Å². The number of carbonyl (C=O) groups is 1. The van der Waals surface area contributed by atoms with Gasteiger partial charge in [-0.15, -0.1) is 0 Å². The Balaban J connectivity index is 1.54. The topological polar surface area (TPSA) is 38.8 Å². The van der Waals surface area contributed by atoms with Crippen LogP contribution >= 0.6 is 0 Å². The normalized spacial score (nSPS) is 21.6. The van der Waals surface area contributed by atoms with E-state index >= 15 is 0 Å². The van der Waals surface area contributed by atoms with Crippen LogP contribution in [0, 0.1) is 17.8 Å². The fourth-order valence-electron chi connectivity index (χ4n) is 5.09. The molecule has 1 heterocycles. The number of Topliss-reactive ketones (excluding diaryl/α,β-unsaturated/α-hetero) is 1. The van der Waals surface area contributed by atoms with E-state index < -0.39 is 0 Å². The molecule has 0 bridgehead atoms. The number of likely N-dealkylation sites (tertiary alicyclic amines) is 1. The number of rotatable bonds is 9. The van der Waals surface area contributed by atoms with Crippen molar-refractivity contribution in [2.24, 2.45) is 17.8 Å². The number of ketones is 1. The summed E-state index contributed by atoms with van der Waals surface area (Å²) in [7, 11) is 3.27. The Labute approximate surface area is 170 Å². The lowest BCUT2D eigenvalue weighted by molar-refractivity contribution is 0.0891. The number of carbonyl (C=O) groups excluding carboxylic acids is 1. The molecule has 28 heavy (non-hydrogen) atoms. The van der Waals surface area contributed by atoms with E-state index in [2.05, 4.69) is 18.7 Å². The summed E-state index contributed by atoms with van der Waals surface area (Å²) in [6.45, 7) is 8.25. The molecule has 156 valence electrons. The van der Waals surface area contributed by atoms with Crippen molar-refractivity contribution in [1.82, 2.24) is 4.90 Å². The van der Waals surface area contributed by atoms with Crippen molar-refractivity contribution in [2.45, 2.75) is 58.8 Å². The predicted octanol–water partition coefficient (Wildman–Crippen LogP) is 4.99. The molecule has 1 fully saturated rings. The van der Waals surface area contributed by atoms with Crippen LogP contribution in [0.25, 0.3) is 0 Å². The Kier molecular flexibility index (Phi) is 7.39. The highest BCUT2D eigenvalue weighted by atomic mass is 16.5. The number of fused-ring (bicyclic) bond motifs is 1. The summed E-state index contributed by atoms with van der Waals surface area (Å²) in [6, 6.07) is 3.87. The first-order valence-corrected chi connectivity index (χ1v) is 11.1. The van der Waals surface area contributed by atoms with E-state index in [1.54, 1.807) is 14.2 Å². The fraction of sp³-hybridized carbons (Fsp3) is 0.708. The summed E-state index contributed by atoms with van der Waals surface area (Å²) in [6.07, 6.45) is 8.26. The van der Waals surface area contributed by atoms with Gasteiger partial charge < -0.3 is 14.4 Å². The molecule has 1 saturated heterocycles. The molecule has 0 N–H and O–H groups in total. The largest absolute Gasteiger partial charge is 0.493 e. The molecule has 0 aromatic heterocycles. The molecule has 0 radical (unpaired) electrons. The molecule has 1 aliphatic heterocycles. The zero-order chi connectivity index (χ0) is 20.1. The predicted molar refractivity (Wildman–Crippen MR) is 114 cm³/mol. The first-order valence-electron chi connectivity index (χ1n) is 11.1. The van der Waals surface area contributed by atoms with Crippen LogP contribution in [0.3, 0.4) is 0 Å². The number of piperidine rings is 1. The van der Waals surface area contributed by atoms with Crippen LogP contribution in [-0.2, 0) is 6.42 Å². The van der Waals surface area contributed by atoms with E-state index in [0.717, 1.165) is 35.6 Å². The molecule has 0 saturated carbocycles. The molecular formula is C24H37NO3. The van der Waals surface area contributed by atoms with Gasteiger partial charge in [0.05, 0.1) is 14.2 Å². The van der Waals surface area contributed by atoms with Gasteiger partial charge in [-0.2, -0.15) is 0 Å². The van der Waals surface area contributed by atoms with Gasteiger partial charge in [0.2, 0.25) is 0 Å². The minimum absolute atomic E-state index is 0.131. The third kappa shape index (κ3) is 4.71. The van der Waals surface area contributed by atoms with Gasteiger partial charge in [-0.1, -0.05) is 26.7 Å². The molecule has 0 spiro atoms. The maximum absolute atomic E-state index is 13.0. The number of ether oxygens (including phenoxy) is 2. The minimum atomic E-state index is 0.131. The summed E-state index contributed by atoms with van der Waals surface area (Å²) in [5.74, 6) is 3.33. The molecule has 2 atom stereocenters. The van der Waals surface area contributed by atoms with Gasteiger partial charge in [0.1, 0.15) is 0 Å². The van der Waals surface area contributed by atoms with Crippen LogP contribution in [0.1, 0.15) is 68.3 Å². The second kappa shape index (κ2) is 9.78. The van der Waals surface area contributed by atoms with Gasteiger partial charge in [0, 0.05) is 18.0 Å². The van der Waals surface area contributed by atoms with Crippen molar-refractivity contribution >= 4 is 5.78 Å². The number of nitrogens with zero attached hydrogens (tertiary/aromatic N) is 1. The average molecular weight is 388 g/mol. The lowest BCUT2D eigenvalue weighted by Crippen LogP contribution is -2.37. The maximum atomic E-state index is 13.0. The van der Waals surface area contributed by atoms with Crippen LogP contribution in [0.2, 0.25) is 0 Å². The molecule has 1 aliphatic carbocycles. The van der Waals surface area contributed by atoms with Crippen LogP contribution in [0.5, 0.6) is 11.5 Å². The quantitative estimate of drug-likeness (QED) is 0.598. The molecular weight excluding hydrogens is 350 g/mol. The lowest BCUT2D eigenvalue weighted by atomic mass is 9.85. The van der Waals surface area contributed by atoms with E-state index in [4.69, 9.17) is 9.47 Å². The van der Waals surface area contributed by atoms with Gasteiger partial charge in [0.25, 0.3) is 0 Å². The monoisotopic (exact) mass is 387 g/mol. The zero-order valence-electron chi connectivity index (χ0n) is 18.1. The third-order valence-corrected chi connectivity index (χ3v) is 6.83. The summed E-state index contributed by atoms with van der Waals surface area (Å²) in [5.41, 5.74) is 1.96. The first kappa shape index (κ1) is 21.2. The van der Waals surface area contributed by atoms with E-state index in [0.29, 0.717) is 17.5 Å². The highest BCUT2D eigenvalue weighted by Gasteiger charge is 2.34. The smallest absolute Gasteiger partial charge is 0.166 e. The molecule has 3 rings (SSSR count). The molecule has 4 nitrogen and oxygen atoms in total. The lowest BCUT2D eigenvalue weighted by Gasteiger charge is -2.34. The van der Waals surface area contributed by atoms with E-state index in [-0.39, 0.29) is 5.92 Å². The molecule has 1 aromatic carbocycles. The first-order chi connectivity index (χ1) is 13.6. The van der Waals surface area contributed by atoms with Gasteiger partial charge in [0.15, 0.2) is 17.3 Å². The number of methoxy groups -OCH3 is 2. The molecule has 2 aliphatic rings. The molecule has 2 unspecified atom stereocenters. The van der Waals surface area contributed by atoms with E-state index in [1.807, 2.05) is 12.1 Å². The van der Waals surface area contributed by atoms with Crippen molar-refractivity contribution in [2.75, 3.05) is 33.9 Å². The Hall–Kier alpha value is -1.55. The van der Waals surface area contributed by atoms with Gasteiger partial charge >= 0.3 is 0 Å². The maximum Gasteiger partial charge on any atom is 0.166 e. The van der Waals surface area contributed by atoms with Crippen LogP contribution in [-0.4, -0.2) is 44.5 Å². The Bertz CT molecular complexity index is 664. The summed E-state index contributed by atoms with van der Waals surface area (Å²) < 4.78 is 10.8. The van der Waals surface area contributed by atoms with Crippen molar-refractivity contribution in [1.29, 1.82) is 0 Å². The fourth-order valence-corrected chi connectivity index (χ4v) is 5.09. The Morgan fingerprint density at radius 3 is 2.39 bits per heavy atom. The van der Waals surface area contributed by atoms with Gasteiger partial charge in [-0.3, -0.25) is 4.79 Å². The van der Waals surface area contributed by atoms with Crippen molar-refractivity contribution in [3.05, 3.63) is 23.3 Å². The van der Waals surface area contributed by atoms with Crippen molar-refractivity contribution in [3.63, 3.8) is 0 Å². The molecule has 0 amide bonds. The summed E-state index contributed by atoms with van der Waals surface area (Å²) in [4.78, 5) is 15.6. The highest BCUT2D eigenvalue weighted by molar-refractivity contribution is 6.02. The minimum Gasteiger partial charge on any atom is -0.493 e. The highest BCUT2D eigenvalue weighted by Crippen LogP contribution is 2.39. The van der Waals surface area contributed by atoms with Crippen LogP contribution < -0.4 is 9.47 Å². The summed E-state index contributed by atoms with van der Waals surface area (Å²) >= 11 is 0. The third-order valence-electron chi connectivity index (χ3n) is 6.83. The van der Waals surface area contributed by atoms with E-state index in [1.165, 1.54) is 51.7 Å². The standard InChI is InChI=1S/C24H37NO3/c1-5-7-17(6-2)16-25-10-8-18(9-11-25)12-20-13-19-14-22(27-3)23(28-4)15-21(19)24(20)26/h14-15,17-18,20H,5-13,16H2,1-4H3. The SMILES string of the molecule is CCCC(CC)CN1CCC(CC2Cc3cc(OC)c(OC)cc3C2=O)CC1. The van der Waals surface area contributed by atoms with Gasteiger partial charge in [-0.05, 0) is 74.7 Å². The number of hydrogen-bond acceptors (Lipinski definition) is 4. The Morgan fingerprint density at radius 2 is 1.79 bits per heavy atom. The summed E-state index contributed by atoms with van der Waals surface area (Å²) in [5, 5.41) is 0. The van der Waals surface area contributed by atoms with Gasteiger partial charge in [-0.25, -0.2) is 0 Å². The molecule has 4 heteroatoms. The Morgan fingerprint density at radius 1 is 1.11 bits per heavy atom. The van der Waals surface area contributed by atoms with Crippen LogP contribution in [0.4, 0.5) is 0 Å². The van der Waals surface area contributed by atoms with E-state index in [9.17, 15) is 4.79 Å². The zero-order valence-corrected chi connectivity index (χ0v) is 18.1. The second-order valence-electron chi connectivity index (χ2n) is 8.67. The van der Waals surface area contributed by atoms with Crippen LogP contribution in [0.15, 0.2) is 12.1 Å². The molecule has 1 aromatic rings. The number of hydrogen-bond donors (Lipinski definition) is 0.